The summed E-state index contributed by atoms with van der Waals surface area (Å²) in [7, 11) is 1.61. The van der Waals surface area contributed by atoms with Crippen LogP contribution in [0.1, 0.15) is 30.4 Å². The SMILES string of the molecule is COCCC1(C(N)=O)CCCN(C(=O)Cc2ccc(C)cc2)C1. The molecule has 1 atom stereocenters. The third-order valence-electron chi connectivity index (χ3n) is 4.71. The van der Waals surface area contributed by atoms with Crippen molar-refractivity contribution >= 4 is 11.8 Å². The molecule has 0 radical (unpaired) electrons. The largest absolute Gasteiger partial charge is 0.385 e. The number of aryl methyl sites for hydroxylation is 1. The van der Waals surface area contributed by atoms with Gasteiger partial charge in [-0.1, -0.05) is 29.8 Å². The number of carbonyl (C=O) groups excluding carboxylic acids is 2. The molecule has 1 saturated heterocycles. The lowest BCUT2D eigenvalue weighted by molar-refractivity contribution is -0.140. The van der Waals surface area contributed by atoms with Crippen LogP contribution in [-0.4, -0.2) is 43.5 Å². The van der Waals surface area contributed by atoms with Crippen molar-refractivity contribution in [3.63, 3.8) is 0 Å². The summed E-state index contributed by atoms with van der Waals surface area (Å²) >= 11 is 0. The minimum Gasteiger partial charge on any atom is -0.385 e. The number of likely N-dealkylation sites (tertiary alicyclic amines) is 1. The maximum atomic E-state index is 12.6. The van der Waals surface area contributed by atoms with E-state index >= 15 is 0 Å². The van der Waals surface area contributed by atoms with Gasteiger partial charge in [0, 0.05) is 26.8 Å². The van der Waals surface area contributed by atoms with E-state index in [-0.39, 0.29) is 11.8 Å². The zero-order chi connectivity index (χ0) is 16.9. The van der Waals surface area contributed by atoms with Crippen molar-refractivity contribution in [3.8, 4) is 0 Å². The van der Waals surface area contributed by atoms with Crippen LogP contribution in [0.2, 0.25) is 0 Å². The van der Waals surface area contributed by atoms with Gasteiger partial charge in [-0.2, -0.15) is 0 Å². The molecule has 0 bridgehead atoms. The van der Waals surface area contributed by atoms with Gasteiger partial charge in [0.2, 0.25) is 11.8 Å². The molecule has 1 aromatic rings. The van der Waals surface area contributed by atoms with E-state index in [9.17, 15) is 9.59 Å². The van der Waals surface area contributed by atoms with Crippen molar-refractivity contribution in [2.45, 2.75) is 32.6 Å². The molecule has 1 unspecified atom stereocenters. The lowest BCUT2D eigenvalue weighted by atomic mass is 9.76. The number of nitrogens with zero attached hydrogens (tertiary/aromatic N) is 1. The van der Waals surface area contributed by atoms with Gasteiger partial charge in [0.05, 0.1) is 11.8 Å². The van der Waals surface area contributed by atoms with Gasteiger partial charge in [-0.25, -0.2) is 0 Å². The molecule has 0 saturated carbocycles. The number of benzene rings is 1. The van der Waals surface area contributed by atoms with Gasteiger partial charge in [0.15, 0.2) is 0 Å². The summed E-state index contributed by atoms with van der Waals surface area (Å²) in [5.74, 6) is -0.279. The molecule has 1 fully saturated rings. The molecular weight excluding hydrogens is 292 g/mol. The maximum absolute atomic E-state index is 12.6. The lowest BCUT2D eigenvalue weighted by Gasteiger charge is -2.40. The topological polar surface area (TPSA) is 72.6 Å². The average Bonchev–Trinajstić information content (AvgIpc) is 2.55. The Morgan fingerprint density at radius 3 is 2.61 bits per heavy atom. The van der Waals surface area contributed by atoms with Crippen LogP contribution in [0.5, 0.6) is 0 Å². The molecule has 1 heterocycles. The first-order valence-corrected chi connectivity index (χ1v) is 8.09. The summed E-state index contributed by atoms with van der Waals surface area (Å²) < 4.78 is 5.11. The molecule has 5 heteroatoms. The summed E-state index contributed by atoms with van der Waals surface area (Å²) in [5.41, 5.74) is 7.15. The van der Waals surface area contributed by atoms with Crippen LogP contribution >= 0.6 is 0 Å². The fourth-order valence-electron chi connectivity index (χ4n) is 3.16. The standard InChI is InChI=1S/C18H26N2O3/c1-14-4-6-15(7-5-14)12-16(21)20-10-3-8-18(13-20,17(19)22)9-11-23-2/h4-7H,3,8-13H2,1-2H3,(H2,19,22). The van der Waals surface area contributed by atoms with Crippen LogP contribution in [0.3, 0.4) is 0 Å². The van der Waals surface area contributed by atoms with E-state index in [0.29, 0.717) is 32.5 Å². The van der Waals surface area contributed by atoms with Gasteiger partial charge >= 0.3 is 0 Å². The highest BCUT2D eigenvalue weighted by molar-refractivity contribution is 5.84. The number of primary amides is 1. The van der Waals surface area contributed by atoms with E-state index in [1.165, 1.54) is 5.56 Å². The number of rotatable bonds is 6. The number of hydrogen-bond acceptors (Lipinski definition) is 3. The van der Waals surface area contributed by atoms with Crippen molar-refractivity contribution in [3.05, 3.63) is 35.4 Å². The Bertz CT molecular complexity index is 556. The van der Waals surface area contributed by atoms with Gasteiger partial charge < -0.3 is 15.4 Å². The molecule has 1 aliphatic heterocycles. The first-order chi connectivity index (χ1) is 11.0. The molecule has 5 nitrogen and oxygen atoms in total. The summed E-state index contributed by atoms with van der Waals surface area (Å²) in [6.45, 7) is 3.58. The summed E-state index contributed by atoms with van der Waals surface area (Å²) in [6, 6.07) is 7.96. The van der Waals surface area contributed by atoms with Crippen LogP contribution in [-0.2, 0) is 20.7 Å². The average molecular weight is 318 g/mol. The molecule has 23 heavy (non-hydrogen) atoms. The number of methoxy groups -OCH3 is 1. The first-order valence-electron chi connectivity index (χ1n) is 8.09. The second kappa shape index (κ2) is 7.59. The first kappa shape index (κ1) is 17.5. The van der Waals surface area contributed by atoms with Crippen LogP contribution in [0, 0.1) is 12.3 Å². The molecule has 126 valence electrons. The molecule has 0 aliphatic carbocycles. The Balaban J connectivity index is 2.05. The van der Waals surface area contributed by atoms with E-state index in [1.807, 2.05) is 31.2 Å². The Kier molecular flexibility index (Phi) is 5.77. The smallest absolute Gasteiger partial charge is 0.227 e. The molecule has 2 N–H and O–H groups in total. The quantitative estimate of drug-likeness (QED) is 0.867. The fourth-order valence-corrected chi connectivity index (χ4v) is 3.16. The Morgan fingerprint density at radius 2 is 2.00 bits per heavy atom. The zero-order valence-electron chi connectivity index (χ0n) is 14.0. The second-order valence-electron chi connectivity index (χ2n) is 6.47. The third kappa shape index (κ3) is 4.32. The van der Waals surface area contributed by atoms with E-state index in [2.05, 4.69) is 0 Å². The van der Waals surface area contributed by atoms with Gasteiger partial charge in [0.25, 0.3) is 0 Å². The molecule has 2 amide bonds. The Morgan fingerprint density at radius 1 is 1.30 bits per heavy atom. The molecule has 1 aliphatic rings. The van der Waals surface area contributed by atoms with Crippen LogP contribution in [0.25, 0.3) is 0 Å². The predicted molar refractivity (Wildman–Crippen MR) is 88.8 cm³/mol. The highest BCUT2D eigenvalue weighted by Crippen LogP contribution is 2.33. The number of carbonyl (C=O) groups is 2. The van der Waals surface area contributed by atoms with E-state index in [0.717, 1.165) is 18.4 Å². The second-order valence-corrected chi connectivity index (χ2v) is 6.47. The minimum atomic E-state index is -0.656. The maximum Gasteiger partial charge on any atom is 0.227 e. The highest BCUT2D eigenvalue weighted by Gasteiger charge is 2.41. The molecule has 2 rings (SSSR count). The monoisotopic (exact) mass is 318 g/mol. The van der Waals surface area contributed by atoms with Crippen molar-refractivity contribution in [1.29, 1.82) is 0 Å². The Hall–Kier alpha value is -1.88. The number of hydrogen-bond donors (Lipinski definition) is 1. The van der Waals surface area contributed by atoms with Crippen molar-refractivity contribution in [1.82, 2.24) is 4.90 Å². The van der Waals surface area contributed by atoms with Gasteiger partial charge in [-0.3, -0.25) is 9.59 Å². The highest BCUT2D eigenvalue weighted by atomic mass is 16.5. The van der Waals surface area contributed by atoms with E-state index in [1.54, 1.807) is 12.0 Å². The van der Waals surface area contributed by atoms with Gasteiger partial charge in [-0.15, -0.1) is 0 Å². The number of ether oxygens (including phenoxy) is 1. The molecular formula is C18H26N2O3. The van der Waals surface area contributed by atoms with Crippen molar-refractivity contribution in [2.75, 3.05) is 26.8 Å². The van der Waals surface area contributed by atoms with Crippen LogP contribution in [0.4, 0.5) is 0 Å². The number of nitrogens with two attached hydrogens (primary N) is 1. The summed E-state index contributed by atoms with van der Waals surface area (Å²) in [6.07, 6.45) is 2.44. The van der Waals surface area contributed by atoms with E-state index < -0.39 is 5.41 Å². The minimum absolute atomic E-state index is 0.0524. The number of piperidine rings is 1. The Labute approximate surface area is 137 Å². The molecule has 0 aromatic heterocycles. The van der Waals surface area contributed by atoms with Crippen LogP contribution < -0.4 is 5.73 Å². The van der Waals surface area contributed by atoms with Gasteiger partial charge in [0.1, 0.15) is 0 Å². The van der Waals surface area contributed by atoms with Gasteiger partial charge in [-0.05, 0) is 31.7 Å². The zero-order valence-corrected chi connectivity index (χ0v) is 14.0. The van der Waals surface area contributed by atoms with Crippen molar-refractivity contribution < 1.29 is 14.3 Å². The molecule has 1 aromatic carbocycles. The fraction of sp³-hybridized carbons (Fsp3) is 0.556. The number of amides is 2. The third-order valence-corrected chi connectivity index (χ3v) is 4.71. The molecule has 0 spiro atoms. The van der Waals surface area contributed by atoms with Crippen LogP contribution in [0.15, 0.2) is 24.3 Å². The predicted octanol–water partition coefficient (Wildman–Crippen LogP) is 1.67. The van der Waals surface area contributed by atoms with E-state index in [4.69, 9.17) is 10.5 Å². The summed E-state index contributed by atoms with van der Waals surface area (Å²) in [5, 5.41) is 0. The normalized spacial score (nSPS) is 21.2. The van der Waals surface area contributed by atoms with Crippen molar-refractivity contribution in [2.24, 2.45) is 11.1 Å². The lowest BCUT2D eigenvalue weighted by Crippen LogP contribution is -2.53. The summed E-state index contributed by atoms with van der Waals surface area (Å²) in [4.78, 5) is 26.3.